The molecule has 2 aromatic rings. The molecule has 0 bridgehead atoms. The first-order valence-electron chi connectivity index (χ1n) is 5.06. The van der Waals surface area contributed by atoms with E-state index < -0.39 is 0 Å². The Hall–Kier alpha value is -0.710. The summed E-state index contributed by atoms with van der Waals surface area (Å²) in [5.74, 6) is 0. The van der Waals surface area contributed by atoms with Crippen molar-refractivity contribution in [2.45, 2.75) is 19.4 Å². The molecule has 16 heavy (non-hydrogen) atoms. The van der Waals surface area contributed by atoms with Gasteiger partial charge in [0.25, 0.3) is 0 Å². The zero-order valence-corrected chi connectivity index (χ0v) is 11.4. The summed E-state index contributed by atoms with van der Waals surface area (Å²) in [6.07, 6.45) is 2.66. The van der Waals surface area contributed by atoms with E-state index in [4.69, 9.17) is 5.73 Å². The largest absolute Gasteiger partial charge is 0.324 e. The average molecular weight is 297 g/mol. The molecule has 2 heterocycles. The van der Waals surface area contributed by atoms with Crippen molar-refractivity contribution in [1.82, 2.24) is 4.98 Å². The van der Waals surface area contributed by atoms with Crippen molar-refractivity contribution >= 4 is 27.3 Å². The molecule has 2 N–H and O–H groups in total. The van der Waals surface area contributed by atoms with Gasteiger partial charge in [-0.25, -0.2) is 0 Å². The lowest BCUT2D eigenvalue weighted by Crippen LogP contribution is -2.13. The fraction of sp³-hybridized carbons (Fsp3) is 0.250. The Morgan fingerprint density at radius 3 is 2.88 bits per heavy atom. The first kappa shape index (κ1) is 11.8. The molecular weight excluding hydrogens is 284 g/mol. The molecule has 0 aliphatic heterocycles. The summed E-state index contributed by atoms with van der Waals surface area (Å²) in [5, 5.41) is 2.09. The Morgan fingerprint density at radius 2 is 2.31 bits per heavy atom. The Kier molecular flexibility index (Phi) is 3.74. The first-order valence-corrected chi connectivity index (χ1v) is 6.73. The normalized spacial score (nSPS) is 12.7. The van der Waals surface area contributed by atoms with Gasteiger partial charge in [0.15, 0.2) is 0 Å². The highest BCUT2D eigenvalue weighted by molar-refractivity contribution is 9.11. The SMILES string of the molecule is Cc1ccc(CC(N)c2csc(Br)c2)nc1. The Bertz CT molecular complexity index is 464. The minimum Gasteiger partial charge on any atom is -0.324 e. The molecule has 0 aliphatic carbocycles. The number of pyridine rings is 1. The van der Waals surface area contributed by atoms with Crippen LogP contribution >= 0.6 is 27.3 Å². The molecule has 2 rings (SSSR count). The van der Waals surface area contributed by atoms with Crippen molar-refractivity contribution < 1.29 is 0 Å². The first-order chi connectivity index (χ1) is 7.65. The molecule has 84 valence electrons. The van der Waals surface area contributed by atoms with E-state index in [-0.39, 0.29) is 6.04 Å². The molecule has 0 spiro atoms. The fourth-order valence-corrected chi connectivity index (χ4v) is 2.72. The number of rotatable bonds is 3. The number of nitrogens with two attached hydrogens (primary N) is 1. The van der Waals surface area contributed by atoms with Gasteiger partial charge in [0, 0.05) is 24.4 Å². The number of aryl methyl sites for hydroxylation is 1. The van der Waals surface area contributed by atoms with Crippen LogP contribution in [0.5, 0.6) is 0 Å². The lowest BCUT2D eigenvalue weighted by Gasteiger charge is -2.09. The van der Waals surface area contributed by atoms with E-state index in [9.17, 15) is 0 Å². The predicted molar refractivity (Wildman–Crippen MR) is 71.6 cm³/mol. The number of hydrogen-bond acceptors (Lipinski definition) is 3. The average Bonchev–Trinajstić information content (AvgIpc) is 2.68. The number of nitrogens with zero attached hydrogens (tertiary/aromatic N) is 1. The summed E-state index contributed by atoms with van der Waals surface area (Å²) < 4.78 is 1.12. The van der Waals surface area contributed by atoms with E-state index in [2.05, 4.69) is 38.4 Å². The second-order valence-corrected chi connectivity index (χ2v) is 6.11. The van der Waals surface area contributed by atoms with Crippen molar-refractivity contribution in [3.8, 4) is 0 Å². The predicted octanol–water partition coefficient (Wildman–Crippen LogP) is 3.46. The molecule has 1 unspecified atom stereocenters. The number of thiophene rings is 1. The Balaban J connectivity index is 2.07. The second kappa shape index (κ2) is 5.08. The van der Waals surface area contributed by atoms with Gasteiger partial charge in [0.05, 0.1) is 3.79 Å². The maximum atomic E-state index is 6.12. The molecule has 1 atom stereocenters. The molecule has 0 radical (unpaired) electrons. The van der Waals surface area contributed by atoms with Gasteiger partial charge in [-0.3, -0.25) is 4.98 Å². The van der Waals surface area contributed by atoms with Crippen molar-refractivity contribution in [2.24, 2.45) is 5.73 Å². The molecular formula is C12H13BrN2S. The molecule has 0 saturated heterocycles. The zero-order chi connectivity index (χ0) is 11.5. The third kappa shape index (κ3) is 2.90. The van der Waals surface area contributed by atoms with Gasteiger partial charge in [-0.2, -0.15) is 0 Å². The summed E-state index contributed by atoms with van der Waals surface area (Å²) in [6.45, 7) is 2.03. The van der Waals surface area contributed by atoms with Gasteiger partial charge in [-0.15, -0.1) is 11.3 Å². The highest BCUT2D eigenvalue weighted by Crippen LogP contribution is 2.25. The van der Waals surface area contributed by atoms with Gasteiger partial charge >= 0.3 is 0 Å². The van der Waals surface area contributed by atoms with Crippen LogP contribution in [0.25, 0.3) is 0 Å². The van der Waals surface area contributed by atoms with E-state index in [0.717, 1.165) is 15.9 Å². The van der Waals surface area contributed by atoms with Gasteiger partial charge in [-0.05, 0) is 51.5 Å². The third-order valence-electron chi connectivity index (χ3n) is 2.42. The number of hydrogen-bond donors (Lipinski definition) is 1. The van der Waals surface area contributed by atoms with Crippen molar-refractivity contribution in [2.75, 3.05) is 0 Å². The molecule has 0 saturated carbocycles. The molecule has 0 amide bonds. The van der Waals surface area contributed by atoms with Crippen molar-refractivity contribution in [1.29, 1.82) is 0 Å². The summed E-state index contributed by atoms with van der Waals surface area (Å²) in [5.41, 5.74) is 9.51. The molecule has 2 nitrogen and oxygen atoms in total. The van der Waals surface area contributed by atoms with Crippen LogP contribution < -0.4 is 5.73 Å². The monoisotopic (exact) mass is 296 g/mol. The van der Waals surface area contributed by atoms with Crippen molar-refractivity contribution in [3.63, 3.8) is 0 Å². The minimum absolute atomic E-state index is 0.0257. The maximum Gasteiger partial charge on any atom is 0.0701 e. The van der Waals surface area contributed by atoms with Crippen LogP contribution in [0.4, 0.5) is 0 Å². The van der Waals surface area contributed by atoms with Crippen LogP contribution in [0.15, 0.2) is 33.6 Å². The van der Waals surface area contributed by atoms with Gasteiger partial charge in [0.2, 0.25) is 0 Å². The van der Waals surface area contributed by atoms with E-state index in [0.29, 0.717) is 0 Å². The van der Waals surface area contributed by atoms with Gasteiger partial charge < -0.3 is 5.73 Å². The summed E-state index contributed by atoms with van der Waals surface area (Å²) in [4.78, 5) is 4.36. The van der Waals surface area contributed by atoms with Crippen molar-refractivity contribution in [3.05, 3.63) is 50.4 Å². The molecule has 0 aromatic carbocycles. The Morgan fingerprint density at radius 1 is 1.50 bits per heavy atom. The van der Waals surface area contributed by atoms with Crippen LogP contribution in [0.1, 0.15) is 22.9 Å². The minimum atomic E-state index is 0.0257. The van der Waals surface area contributed by atoms with Gasteiger partial charge in [-0.1, -0.05) is 6.07 Å². The number of aromatic nitrogens is 1. The van der Waals surface area contributed by atoms with Crippen LogP contribution in [0.2, 0.25) is 0 Å². The summed E-state index contributed by atoms with van der Waals surface area (Å²) in [7, 11) is 0. The van der Waals surface area contributed by atoms with Crippen LogP contribution in [-0.4, -0.2) is 4.98 Å². The maximum absolute atomic E-state index is 6.12. The van der Waals surface area contributed by atoms with E-state index in [1.807, 2.05) is 19.2 Å². The van der Waals surface area contributed by atoms with Crippen LogP contribution in [-0.2, 0) is 6.42 Å². The summed E-state index contributed by atoms with van der Waals surface area (Å²) >= 11 is 5.10. The van der Waals surface area contributed by atoms with Crippen LogP contribution in [0, 0.1) is 6.92 Å². The van der Waals surface area contributed by atoms with E-state index >= 15 is 0 Å². The molecule has 2 aromatic heterocycles. The second-order valence-electron chi connectivity index (χ2n) is 3.82. The smallest absolute Gasteiger partial charge is 0.0701 e. The topological polar surface area (TPSA) is 38.9 Å². The van der Waals surface area contributed by atoms with E-state index in [1.165, 1.54) is 11.1 Å². The highest BCUT2D eigenvalue weighted by atomic mass is 79.9. The van der Waals surface area contributed by atoms with Crippen LogP contribution in [0.3, 0.4) is 0 Å². The highest BCUT2D eigenvalue weighted by Gasteiger charge is 2.09. The standard InChI is InChI=1S/C12H13BrN2S/c1-8-2-3-10(15-6-8)5-11(14)9-4-12(13)16-7-9/h2-4,6-7,11H,5,14H2,1H3. The summed E-state index contributed by atoms with van der Waals surface area (Å²) in [6, 6.07) is 6.20. The lowest BCUT2D eigenvalue weighted by molar-refractivity contribution is 0.709. The third-order valence-corrected chi connectivity index (χ3v) is 3.94. The fourth-order valence-electron chi connectivity index (χ4n) is 1.48. The van der Waals surface area contributed by atoms with E-state index in [1.54, 1.807) is 11.3 Å². The molecule has 0 fully saturated rings. The molecule has 0 aliphatic rings. The van der Waals surface area contributed by atoms with Gasteiger partial charge in [0.1, 0.15) is 0 Å². The molecule has 4 heteroatoms. The Labute approximate surface area is 108 Å². The quantitative estimate of drug-likeness (QED) is 0.942. The zero-order valence-electron chi connectivity index (χ0n) is 8.98. The lowest BCUT2D eigenvalue weighted by atomic mass is 10.1. The number of halogens is 1.